The maximum atomic E-state index is 12.8. The molecule has 0 radical (unpaired) electrons. The van der Waals surface area contributed by atoms with Gasteiger partial charge in [0.25, 0.3) is 5.91 Å². The van der Waals surface area contributed by atoms with Crippen LogP contribution >= 0.6 is 22.7 Å². The third-order valence-electron chi connectivity index (χ3n) is 4.03. The SMILES string of the molecule is O=C(Nc1cccnc1-n1cccn1)c1cc2sc3ccccc3c2s1. The number of rotatable bonds is 3. The molecule has 0 saturated carbocycles. The highest BCUT2D eigenvalue weighted by Crippen LogP contribution is 2.39. The van der Waals surface area contributed by atoms with Crippen LogP contribution in [0.25, 0.3) is 25.3 Å². The Morgan fingerprint density at radius 3 is 2.81 bits per heavy atom. The molecule has 7 heteroatoms. The lowest BCUT2D eigenvalue weighted by atomic mass is 10.2. The molecule has 26 heavy (non-hydrogen) atoms. The fourth-order valence-corrected chi connectivity index (χ4v) is 5.29. The van der Waals surface area contributed by atoms with Crippen molar-refractivity contribution in [2.24, 2.45) is 0 Å². The summed E-state index contributed by atoms with van der Waals surface area (Å²) in [4.78, 5) is 17.8. The molecule has 5 nitrogen and oxygen atoms in total. The van der Waals surface area contributed by atoms with Crippen molar-refractivity contribution in [1.29, 1.82) is 0 Å². The number of carbonyl (C=O) groups is 1. The molecule has 0 aliphatic carbocycles. The van der Waals surface area contributed by atoms with Gasteiger partial charge in [-0.3, -0.25) is 4.79 Å². The minimum Gasteiger partial charge on any atom is -0.318 e. The molecule has 0 saturated heterocycles. The molecule has 0 spiro atoms. The highest BCUT2D eigenvalue weighted by Gasteiger charge is 2.16. The van der Waals surface area contributed by atoms with Crippen molar-refractivity contribution in [3.63, 3.8) is 0 Å². The summed E-state index contributed by atoms with van der Waals surface area (Å²) >= 11 is 3.23. The summed E-state index contributed by atoms with van der Waals surface area (Å²) in [6, 6.07) is 15.7. The first kappa shape index (κ1) is 15.2. The summed E-state index contributed by atoms with van der Waals surface area (Å²) < 4.78 is 5.18. The fourth-order valence-electron chi connectivity index (χ4n) is 2.87. The number of carbonyl (C=O) groups excluding carboxylic acids is 1. The van der Waals surface area contributed by atoms with Crippen LogP contribution in [0.2, 0.25) is 0 Å². The highest BCUT2D eigenvalue weighted by molar-refractivity contribution is 7.33. The van der Waals surface area contributed by atoms with Crippen molar-refractivity contribution in [3.05, 3.63) is 72.0 Å². The second kappa shape index (κ2) is 6.05. The molecule has 1 amide bonds. The molecule has 0 fully saturated rings. The van der Waals surface area contributed by atoms with E-state index in [2.05, 4.69) is 27.5 Å². The topological polar surface area (TPSA) is 59.8 Å². The zero-order chi connectivity index (χ0) is 17.5. The number of thiophene rings is 2. The van der Waals surface area contributed by atoms with Gasteiger partial charge in [0.2, 0.25) is 0 Å². The molecule has 0 atom stereocenters. The Morgan fingerprint density at radius 1 is 1.00 bits per heavy atom. The van der Waals surface area contributed by atoms with Gasteiger partial charge in [0.05, 0.1) is 15.3 Å². The van der Waals surface area contributed by atoms with Crippen LogP contribution in [0.15, 0.2) is 67.1 Å². The van der Waals surface area contributed by atoms with Crippen LogP contribution in [0, 0.1) is 0 Å². The summed E-state index contributed by atoms with van der Waals surface area (Å²) in [5, 5.41) is 8.37. The van der Waals surface area contributed by atoms with E-state index in [0.29, 0.717) is 16.4 Å². The molecule has 1 N–H and O–H groups in total. The molecule has 0 unspecified atom stereocenters. The van der Waals surface area contributed by atoms with Crippen molar-refractivity contribution < 1.29 is 4.79 Å². The highest BCUT2D eigenvalue weighted by atomic mass is 32.1. The Morgan fingerprint density at radius 2 is 1.92 bits per heavy atom. The van der Waals surface area contributed by atoms with E-state index < -0.39 is 0 Å². The van der Waals surface area contributed by atoms with Gasteiger partial charge in [0.15, 0.2) is 5.82 Å². The molecule has 4 heterocycles. The first-order valence-corrected chi connectivity index (χ1v) is 9.60. The van der Waals surface area contributed by atoms with Crippen LogP contribution in [0.5, 0.6) is 0 Å². The van der Waals surface area contributed by atoms with Crippen LogP contribution in [-0.2, 0) is 0 Å². The van der Waals surface area contributed by atoms with E-state index in [0.717, 1.165) is 9.40 Å². The van der Waals surface area contributed by atoms with E-state index in [9.17, 15) is 4.79 Å². The minimum absolute atomic E-state index is 0.135. The predicted molar refractivity (Wildman–Crippen MR) is 107 cm³/mol. The minimum atomic E-state index is -0.135. The van der Waals surface area contributed by atoms with E-state index >= 15 is 0 Å². The van der Waals surface area contributed by atoms with E-state index in [-0.39, 0.29) is 5.91 Å². The second-order valence-electron chi connectivity index (χ2n) is 5.68. The normalized spacial score (nSPS) is 11.2. The van der Waals surface area contributed by atoms with E-state index in [1.54, 1.807) is 40.7 Å². The Balaban J connectivity index is 1.51. The Hall–Kier alpha value is -3.03. The number of hydrogen-bond acceptors (Lipinski definition) is 5. The lowest BCUT2D eigenvalue weighted by Gasteiger charge is -2.09. The Labute approximate surface area is 156 Å². The molecule has 0 aliphatic rings. The number of benzene rings is 1. The largest absolute Gasteiger partial charge is 0.318 e. The summed E-state index contributed by atoms with van der Waals surface area (Å²) in [7, 11) is 0. The van der Waals surface area contributed by atoms with Gasteiger partial charge in [-0.1, -0.05) is 18.2 Å². The number of nitrogens with zero attached hydrogens (tertiary/aromatic N) is 3. The Kier molecular flexibility index (Phi) is 3.55. The molecule has 1 aromatic carbocycles. The number of nitrogens with one attached hydrogen (secondary N) is 1. The quantitative estimate of drug-likeness (QED) is 0.485. The van der Waals surface area contributed by atoms with Crippen molar-refractivity contribution in [2.45, 2.75) is 0 Å². The third-order valence-corrected chi connectivity index (χ3v) is 6.44. The van der Waals surface area contributed by atoms with E-state index in [4.69, 9.17) is 0 Å². The third kappa shape index (κ3) is 2.49. The number of pyridine rings is 1. The van der Waals surface area contributed by atoms with Crippen molar-refractivity contribution in [2.75, 3.05) is 5.32 Å². The predicted octanol–water partition coefficient (Wildman–Crippen LogP) is 4.95. The van der Waals surface area contributed by atoms with Crippen LogP contribution in [0.1, 0.15) is 9.67 Å². The maximum Gasteiger partial charge on any atom is 0.265 e. The first-order chi connectivity index (χ1) is 12.8. The molecule has 5 aromatic rings. The molecule has 126 valence electrons. The lowest BCUT2D eigenvalue weighted by molar-refractivity contribution is 0.103. The zero-order valence-corrected chi connectivity index (χ0v) is 15.1. The standard InChI is InChI=1S/C19H12N4OS2/c24-19(22-13-6-3-8-20-18(13)23-10-4-9-21-23)16-11-15-17(26-16)12-5-1-2-7-14(12)25-15/h1-11H,(H,22,24). The average molecular weight is 376 g/mol. The average Bonchev–Trinajstić information content (AvgIpc) is 3.38. The van der Waals surface area contributed by atoms with E-state index in [1.165, 1.54) is 21.4 Å². The van der Waals surface area contributed by atoms with Gasteiger partial charge in [-0.2, -0.15) is 5.10 Å². The first-order valence-electron chi connectivity index (χ1n) is 7.97. The lowest BCUT2D eigenvalue weighted by Crippen LogP contribution is -2.13. The number of hydrogen-bond donors (Lipinski definition) is 1. The zero-order valence-electron chi connectivity index (χ0n) is 13.4. The number of amides is 1. The smallest absolute Gasteiger partial charge is 0.265 e. The fraction of sp³-hybridized carbons (Fsp3) is 0. The van der Waals surface area contributed by atoms with Gasteiger partial charge in [0.1, 0.15) is 0 Å². The summed E-state index contributed by atoms with van der Waals surface area (Å²) in [5.74, 6) is 0.457. The summed E-state index contributed by atoms with van der Waals surface area (Å²) in [6.45, 7) is 0. The summed E-state index contributed by atoms with van der Waals surface area (Å²) in [5.41, 5.74) is 0.628. The van der Waals surface area contributed by atoms with Gasteiger partial charge in [0, 0.05) is 33.4 Å². The van der Waals surface area contributed by atoms with Crippen LogP contribution in [0.3, 0.4) is 0 Å². The van der Waals surface area contributed by atoms with Crippen molar-refractivity contribution in [3.8, 4) is 5.82 Å². The van der Waals surface area contributed by atoms with Gasteiger partial charge in [-0.05, 0) is 30.3 Å². The summed E-state index contributed by atoms with van der Waals surface area (Å²) in [6.07, 6.45) is 5.16. The van der Waals surface area contributed by atoms with Gasteiger partial charge >= 0.3 is 0 Å². The van der Waals surface area contributed by atoms with Crippen molar-refractivity contribution >= 4 is 53.8 Å². The monoisotopic (exact) mass is 376 g/mol. The Bertz CT molecular complexity index is 1240. The molecular weight excluding hydrogens is 364 g/mol. The van der Waals surface area contributed by atoms with Crippen molar-refractivity contribution in [1.82, 2.24) is 14.8 Å². The van der Waals surface area contributed by atoms with E-state index in [1.807, 2.05) is 30.3 Å². The molecule has 5 rings (SSSR count). The molecule has 0 aliphatic heterocycles. The second-order valence-corrected chi connectivity index (χ2v) is 7.82. The van der Waals surface area contributed by atoms with Crippen LogP contribution in [0.4, 0.5) is 5.69 Å². The molecule has 4 aromatic heterocycles. The number of anilines is 1. The number of aromatic nitrogens is 3. The van der Waals surface area contributed by atoms with Gasteiger partial charge < -0.3 is 5.32 Å². The van der Waals surface area contributed by atoms with Crippen LogP contribution in [-0.4, -0.2) is 20.7 Å². The maximum absolute atomic E-state index is 12.8. The van der Waals surface area contributed by atoms with Crippen LogP contribution < -0.4 is 5.32 Å². The van der Waals surface area contributed by atoms with Gasteiger partial charge in [-0.25, -0.2) is 9.67 Å². The molecule has 0 bridgehead atoms. The molecular formula is C19H12N4OS2. The van der Waals surface area contributed by atoms with Gasteiger partial charge in [-0.15, -0.1) is 22.7 Å². The number of fused-ring (bicyclic) bond motifs is 3.